The summed E-state index contributed by atoms with van der Waals surface area (Å²) in [5.74, 6) is 0.828. The quantitative estimate of drug-likeness (QED) is 0.738. The van der Waals surface area contributed by atoms with Crippen LogP contribution in [0.5, 0.6) is 0 Å². The number of nitrogens with zero attached hydrogens (tertiary/aromatic N) is 2. The minimum atomic E-state index is 0.828. The lowest BCUT2D eigenvalue weighted by Gasteiger charge is -2.03. The van der Waals surface area contributed by atoms with Crippen LogP contribution in [0, 0.1) is 20.8 Å². The Labute approximate surface area is 100 Å². The summed E-state index contributed by atoms with van der Waals surface area (Å²) in [7, 11) is 0. The number of aryl methyl sites for hydroxylation is 3. The van der Waals surface area contributed by atoms with E-state index in [2.05, 4.69) is 41.2 Å². The van der Waals surface area contributed by atoms with E-state index >= 15 is 0 Å². The third kappa shape index (κ3) is 2.83. The lowest BCUT2D eigenvalue weighted by atomic mass is 10.2. The first kappa shape index (κ1) is 11.1. The van der Waals surface area contributed by atoms with Gasteiger partial charge in [-0.15, -0.1) is 0 Å². The summed E-state index contributed by atoms with van der Waals surface area (Å²) in [5, 5.41) is 1.01. The second-order valence-corrected chi connectivity index (χ2v) is 4.90. The van der Waals surface area contributed by atoms with Crippen molar-refractivity contribution >= 4 is 11.8 Å². The third-order valence-electron chi connectivity index (χ3n) is 2.19. The first-order chi connectivity index (χ1) is 7.63. The van der Waals surface area contributed by atoms with E-state index in [0.717, 1.165) is 16.5 Å². The zero-order valence-electron chi connectivity index (χ0n) is 9.69. The molecular weight excluding hydrogens is 216 g/mol. The van der Waals surface area contributed by atoms with Crippen molar-refractivity contribution in [3.63, 3.8) is 0 Å². The molecule has 0 fully saturated rings. The highest BCUT2D eigenvalue weighted by molar-refractivity contribution is 7.99. The molecule has 2 aromatic rings. The van der Waals surface area contributed by atoms with Gasteiger partial charge in [0.2, 0.25) is 0 Å². The molecule has 16 heavy (non-hydrogen) atoms. The van der Waals surface area contributed by atoms with E-state index in [1.54, 1.807) is 11.8 Å². The van der Waals surface area contributed by atoms with Crippen molar-refractivity contribution in [3.05, 3.63) is 47.4 Å². The molecule has 2 nitrogen and oxygen atoms in total. The van der Waals surface area contributed by atoms with Gasteiger partial charge in [-0.1, -0.05) is 29.5 Å². The maximum atomic E-state index is 4.40. The zero-order valence-corrected chi connectivity index (χ0v) is 10.5. The van der Waals surface area contributed by atoms with Crippen LogP contribution in [0.1, 0.15) is 17.1 Å². The molecule has 1 aromatic carbocycles. The summed E-state index contributed by atoms with van der Waals surface area (Å²) in [6, 6.07) is 10.5. The van der Waals surface area contributed by atoms with E-state index in [-0.39, 0.29) is 0 Å². The van der Waals surface area contributed by atoms with E-state index in [0.29, 0.717) is 0 Å². The van der Waals surface area contributed by atoms with Crippen LogP contribution in [0.4, 0.5) is 0 Å². The second-order valence-electron chi connectivity index (χ2n) is 3.81. The molecule has 1 heterocycles. The number of hydrogen-bond donors (Lipinski definition) is 0. The Hall–Kier alpha value is -1.35. The average Bonchev–Trinajstić information content (AvgIpc) is 2.20. The predicted molar refractivity (Wildman–Crippen MR) is 66.8 cm³/mol. The van der Waals surface area contributed by atoms with Crippen LogP contribution in [0.2, 0.25) is 0 Å². The minimum Gasteiger partial charge on any atom is -0.238 e. The molecule has 0 aliphatic rings. The molecule has 0 atom stereocenters. The fraction of sp³-hybridized carbons (Fsp3) is 0.231. The molecule has 0 spiro atoms. The average molecular weight is 230 g/mol. The smallest absolute Gasteiger partial charge is 0.126 e. The molecule has 0 aliphatic carbocycles. The van der Waals surface area contributed by atoms with Crippen LogP contribution in [0.3, 0.4) is 0 Å². The van der Waals surface area contributed by atoms with Gasteiger partial charge in [0.15, 0.2) is 0 Å². The second kappa shape index (κ2) is 4.66. The van der Waals surface area contributed by atoms with Crippen molar-refractivity contribution in [2.75, 3.05) is 0 Å². The van der Waals surface area contributed by atoms with Crippen molar-refractivity contribution in [2.45, 2.75) is 30.7 Å². The molecule has 0 N–H and O–H groups in total. The molecule has 0 aliphatic heterocycles. The van der Waals surface area contributed by atoms with Gasteiger partial charge in [0, 0.05) is 10.6 Å². The summed E-state index contributed by atoms with van der Waals surface area (Å²) >= 11 is 1.67. The summed E-state index contributed by atoms with van der Waals surface area (Å²) in [6.45, 7) is 6.01. The Morgan fingerprint density at radius 2 is 1.62 bits per heavy atom. The number of benzene rings is 1. The monoisotopic (exact) mass is 230 g/mol. The fourth-order valence-corrected chi connectivity index (χ4v) is 2.38. The summed E-state index contributed by atoms with van der Waals surface area (Å²) in [6.07, 6.45) is 0. The van der Waals surface area contributed by atoms with E-state index in [9.17, 15) is 0 Å². The van der Waals surface area contributed by atoms with Gasteiger partial charge in [0.05, 0.1) is 0 Å². The largest absolute Gasteiger partial charge is 0.238 e. The molecule has 0 amide bonds. The van der Waals surface area contributed by atoms with Crippen molar-refractivity contribution in [1.29, 1.82) is 0 Å². The van der Waals surface area contributed by atoms with E-state index in [4.69, 9.17) is 0 Å². The Kier molecular flexibility index (Phi) is 3.25. The van der Waals surface area contributed by atoms with Gasteiger partial charge in [-0.05, 0) is 39.0 Å². The summed E-state index contributed by atoms with van der Waals surface area (Å²) < 4.78 is 0. The van der Waals surface area contributed by atoms with Gasteiger partial charge in [-0.3, -0.25) is 0 Å². The molecule has 0 bridgehead atoms. The lowest BCUT2D eigenvalue weighted by Crippen LogP contribution is -1.92. The lowest BCUT2D eigenvalue weighted by molar-refractivity contribution is 0.936. The van der Waals surface area contributed by atoms with Crippen LogP contribution in [0.25, 0.3) is 0 Å². The van der Waals surface area contributed by atoms with Gasteiger partial charge in [-0.2, -0.15) is 0 Å². The molecule has 0 saturated heterocycles. The number of aromatic nitrogens is 2. The van der Waals surface area contributed by atoms with Crippen molar-refractivity contribution in [3.8, 4) is 0 Å². The van der Waals surface area contributed by atoms with Crippen molar-refractivity contribution in [1.82, 2.24) is 9.97 Å². The topological polar surface area (TPSA) is 25.8 Å². The van der Waals surface area contributed by atoms with Gasteiger partial charge in [0.25, 0.3) is 0 Å². The van der Waals surface area contributed by atoms with Gasteiger partial charge < -0.3 is 0 Å². The maximum absolute atomic E-state index is 4.40. The van der Waals surface area contributed by atoms with Crippen LogP contribution in [0.15, 0.2) is 40.3 Å². The highest BCUT2D eigenvalue weighted by atomic mass is 32.2. The van der Waals surface area contributed by atoms with E-state index in [1.165, 1.54) is 10.5 Å². The third-order valence-corrected chi connectivity index (χ3v) is 3.11. The standard InChI is InChI=1S/C13H14N2S/c1-9-4-6-12(7-5-9)16-13-8-10(2)14-11(3)15-13/h4-8H,1-3H3. The minimum absolute atomic E-state index is 0.828. The van der Waals surface area contributed by atoms with Crippen LogP contribution < -0.4 is 0 Å². The van der Waals surface area contributed by atoms with Crippen molar-refractivity contribution in [2.24, 2.45) is 0 Å². The fourth-order valence-electron chi connectivity index (χ4n) is 1.46. The van der Waals surface area contributed by atoms with Crippen LogP contribution in [-0.4, -0.2) is 9.97 Å². The SMILES string of the molecule is Cc1ccc(Sc2cc(C)nc(C)n2)cc1. The molecule has 0 saturated carbocycles. The summed E-state index contributed by atoms with van der Waals surface area (Å²) in [5.41, 5.74) is 2.29. The number of hydrogen-bond acceptors (Lipinski definition) is 3. The first-order valence-electron chi connectivity index (χ1n) is 5.20. The zero-order chi connectivity index (χ0) is 11.5. The maximum Gasteiger partial charge on any atom is 0.126 e. The van der Waals surface area contributed by atoms with E-state index < -0.39 is 0 Å². The summed E-state index contributed by atoms with van der Waals surface area (Å²) in [4.78, 5) is 9.88. The molecular formula is C13H14N2S. The Morgan fingerprint density at radius 3 is 2.25 bits per heavy atom. The number of rotatable bonds is 2. The van der Waals surface area contributed by atoms with Crippen molar-refractivity contribution < 1.29 is 0 Å². The van der Waals surface area contributed by atoms with Gasteiger partial charge in [-0.25, -0.2) is 9.97 Å². The highest BCUT2D eigenvalue weighted by Crippen LogP contribution is 2.26. The van der Waals surface area contributed by atoms with Gasteiger partial charge in [0.1, 0.15) is 10.9 Å². The predicted octanol–water partition coefficient (Wildman–Crippen LogP) is 3.55. The Morgan fingerprint density at radius 1 is 0.938 bits per heavy atom. The molecule has 1 aromatic heterocycles. The van der Waals surface area contributed by atoms with Crippen LogP contribution in [-0.2, 0) is 0 Å². The van der Waals surface area contributed by atoms with Gasteiger partial charge >= 0.3 is 0 Å². The molecule has 82 valence electrons. The molecule has 3 heteroatoms. The Balaban J connectivity index is 2.23. The van der Waals surface area contributed by atoms with E-state index in [1.807, 2.05) is 19.9 Å². The molecule has 0 unspecified atom stereocenters. The first-order valence-corrected chi connectivity index (χ1v) is 6.02. The highest BCUT2D eigenvalue weighted by Gasteiger charge is 2.01. The normalized spacial score (nSPS) is 10.4. The molecule has 0 radical (unpaired) electrons. The van der Waals surface area contributed by atoms with Crippen LogP contribution >= 0.6 is 11.8 Å². The Bertz CT molecular complexity index is 472. The molecule has 2 rings (SSSR count).